The smallest absolute Gasteiger partial charge is 0.255 e. The lowest BCUT2D eigenvalue weighted by molar-refractivity contribution is 0.102. The molecule has 2 aliphatic rings. The van der Waals surface area contributed by atoms with E-state index in [0.29, 0.717) is 72.2 Å². The second kappa shape index (κ2) is 13.0. The normalized spacial score (nSPS) is 18.8. The summed E-state index contributed by atoms with van der Waals surface area (Å²) in [6.45, 7) is 2.34. The molecule has 4 aromatic rings. The van der Waals surface area contributed by atoms with Crippen LogP contribution in [0.5, 0.6) is 11.6 Å². The largest absolute Gasteiger partial charge is 0.488 e. The summed E-state index contributed by atoms with van der Waals surface area (Å²) in [5.41, 5.74) is 2.60. The molecule has 0 spiro atoms. The number of ether oxygens (including phenoxy) is 2. The second-order valence-corrected chi connectivity index (χ2v) is 11.6. The van der Waals surface area contributed by atoms with E-state index in [2.05, 4.69) is 10.3 Å². The molecule has 0 bridgehead atoms. The molecule has 12 heteroatoms. The van der Waals surface area contributed by atoms with Crippen molar-refractivity contribution < 1.29 is 27.4 Å². The van der Waals surface area contributed by atoms with Gasteiger partial charge in [-0.05, 0) is 96.1 Å². The lowest BCUT2D eigenvalue weighted by Gasteiger charge is -2.18. The lowest BCUT2D eigenvalue weighted by atomic mass is 10.0. The van der Waals surface area contributed by atoms with Crippen molar-refractivity contribution in [2.24, 2.45) is 0 Å². The summed E-state index contributed by atoms with van der Waals surface area (Å²) in [7, 11) is 0. The molecule has 2 fully saturated rings. The van der Waals surface area contributed by atoms with Crippen molar-refractivity contribution in [1.82, 2.24) is 13.8 Å². The van der Waals surface area contributed by atoms with Crippen LogP contribution in [0.15, 0.2) is 72.9 Å². The summed E-state index contributed by atoms with van der Waals surface area (Å²) < 4.78 is 57.2. The van der Waals surface area contributed by atoms with Crippen LogP contribution in [0.3, 0.4) is 0 Å². The number of hydrogen-bond donors (Lipinski definition) is 1. The molecule has 0 aliphatic carbocycles. The van der Waals surface area contributed by atoms with Gasteiger partial charge in [0.2, 0.25) is 5.88 Å². The van der Waals surface area contributed by atoms with Crippen molar-refractivity contribution in [2.45, 2.75) is 25.0 Å². The summed E-state index contributed by atoms with van der Waals surface area (Å²) in [5, 5.41) is 2.85. The maximum atomic E-state index is 14.2. The fraction of sp³-hybridized carbons (Fsp3) is 0.250. The third-order valence-electron chi connectivity index (χ3n) is 7.50. The third kappa shape index (κ3) is 6.94. The van der Waals surface area contributed by atoms with E-state index in [0.717, 1.165) is 18.6 Å². The first-order chi connectivity index (χ1) is 21.2. The monoisotopic (exact) mass is 642 g/mol. The van der Waals surface area contributed by atoms with Crippen LogP contribution in [0.1, 0.15) is 23.2 Å². The third-order valence-corrected chi connectivity index (χ3v) is 8.11. The van der Waals surface area contributed by atoms with Crippen molar-refractivity contribution in [1.29, 1.82) is 0 Å². The molecule has 0 radical (unpaired) electrons. The molecule has 0 unspecified atom stereocenters. The van der Waals surface area contributed by atoms with Crippen LogP contribution in [-0.2, 0) is 0 Å². The lowest BCUT2D eigenvalue weighted by Crippen LogP contribution is -2.20. The number of carbonyl (C=O) groups excluding carboxylic acids is 1. The van der Waals surface area contributed by atoms with Crippen molar-refractivity contribution in [2.75, 3.05) is 31.5 Å². The number of pyridine rings is 1. The maximum Gasteiger partial charge on any atom is 0.255 e. The maximum absolute atomic E-state index is 14.2. The van der Waals surface area contributed by atoms with E-state index in [9.17, 15) is 18.0 Å². The number of carbonyl (C=O) groups is 1. The molecule has 3 aromatic carbocycles. The topological polar surface area (TPSA) is 66.9 Å². The van der Waals surface area contributed by atoms with Crippen LogP contribution in [0.4, 0.5) is 18.9 Å². The SMILES string of the molecule is O=C(Nc1cnc(O[C@H]2CCN(Cl)C2)c(-c2ccc(F)cc2)c1)c1ccc(O[C@H]2CCN(Cl)C2)c(-c2ccc(F)c(F)c2)c1. The summed E-state index contributed by atoms with van der Waals surface area (Å²) in [4.78, 5) is 17.9. The van der Waals surface area contributed by atoms with Crippen molar-refractivity contribution in [3.05, 3.63) is 95.9 Å². The van der Waals surface area contributed by atoms with E-state index < -0.39 is 17.5 Å². The number of rotatable bonds is 8. The first-order valence-electron chi connectivity index (χ1n) is 14.0. The summed E-state index contributed by atoms with van der Waals surface area (Å²) >= 11 is 12.2. The van der Waals surface area contributed by atoms with Gasteiger partial charge in [-0.15, -0.1) is 0 Å². The molecule has 6 rings (SSSR count). The minimum absolute atomic E-state index is 0.174. The number of anilines is 1. The Morgan fingerprint density at radius 2 is 1.48 bits per heavy atom. The summed E-state index contributed by atoms with van der Waals surface area (Å²) in [6, 6.07) is 15.9. The molecule has 7 nitrogen and oxygen atoms in total. The highest BCUT2D eigenvalue weighted by atomic mass is 35.5. The zero-order chi connectivity index (χ0) is 30.8. The Hall–Kier alpha value is -3.83. The van der Waals surface area contributed by atoms with Crippen LogP contribution >= 0.6 is 23.6 Å². The van der Waals surface area contributed by atoms with Crippen LogP contribution in [0.25, 0.3) is 22.3 Å². The Morgan fingerprint density at radius 3 is 2.14 bits per heavy atom. The average Bonchev–Trinajstić information content (AvgIpc) is 3.62. The van der Waals surface area contributed by atoms with E-state index in [1.165, 1.54) is 24.4 Å². The molecule has 2 aliphatic heterocycles. The van der Waals surface area contributed by atoms with Crippen molar-refractivity contribution >= 4 is 35.1 Å². The molecule has 1 aromatic heterocycles. The van der Waals surface area contributed by atoms with Gasteiger partial charge in [0.15, 0.2) is 11.6 Å². The number of aromatic nitrogens is 1. The molecule has 228 valence electrons. The summed E-state index contributed by atoms with van der Waals surface area (Å²) in [6.07, 6.45) is 2.50. The molecule has 44 heavy (non-hydrogen) atoms. The van der Waals surface area contributed by atoms with Gasteiger partial charge in [0.1, 0.15) is 23.8 Å². The van der Waals surface area contributed by atoms with Gasteiger partial charge in [0.25, 0.3) is 5.91 Å². The number of nitrogens with one attached hydrogen (secondary N) is 1. The Labute approximate surface area is 262 Å². The molecule has 3 heterocycles. The number of nitrogens with zero attached hydrogens (tertiary/aromatic N) is 3. The highest BCUT2D eigenvalue weighted by Crippen LogP contribution is 2.35. The Kier molecular flexibility index (Phi) is 8.95. The highest BCUT2D eigenvalue weighted by molar-refractivity contribution is 6.13. The zero-order valence-corrected chi connectivity index (χ0v) is 24.8. The van der Waals surface area contributed by atoms with E-state index in [1.807, 2.05) is 0 Å². The molecule has 0 saturated carbocycles. The van der Waals surface area contributed by atoms with E-state index >= 15 is 0 Å². The Morgan fingerprint density at radius 1 is 0.795 bits per heavy atom. The van der Waals surface area contributed by atoms with Gasteiger partial charge < -0.3 is 14.8 Å². The van der Waals surface area contributed by atoms with Crippen LogP contribution in [0, 0.1) is 17.5 Å². The van der Waals surface area contributed by atoms with Crippen molar-refractivity contribution in [3.63, 3.8) is 0 Å². The highest BCUT2D eigenvalue weighted by Gasteiger charge is 2.26. The van der Waals surface area contributed by atoms with Crippen molar-refractivity contribution in [3.8, 4) is 33.9 Å². The predicted octanol–water partition coefficient (Wildman–Crippen LogP) is 7.30. The number of hydrogen-bond acceptors (Lipinski definition) is 6. The Balaban J connectivity index is 1.29. The fourth-order valence-corrected chi connectivity index (χ4v) is 5.73. The summed E-state index contributed by atoms with van der Waals surface area (Å²) in [5.74, 6) is -2.12. The first kappa shape index (κ1) is 30.2. The average molecular weight is 643 g/mol. The molecule has 2 saturated heterocycles. The quantitative estimate of drug-likeness (QED) is 0.204. The molecule has 1 N–H and O–H groups in total. The van der Waals surface area contributed by atoms with Crippen LogP contribution in [-0.4, -0.2) is 58.1 Å². The fourth-order valence-electron chi connectivity index (χ4n) is 5.22. The van der Waals surface area contributed by atoms with E-state index in [4.69, 9.17) is 33.0 Å². The first-order valence-corrected chi connectivity index (χ1v) is 14.7. The van der Waals surface area contributed by atoms with Gasteiger partial charge >= 0.3 is 0 Å². The van der Waals surface area contributed by atoms with Gasteiger partial charge in [0, 0.05) is 29.8 Å². The van der Waals surface area contributed by atoms with Gasteiger partial charge in [0.05, 0.1) is 25.0 Å². The van der Waals surface area contributed by atoms with Crippen LogP contribution < -0.4 is 14.8 Å². The number of halogens is 5. The zero-order valence-electron chi connectivity index (χ0n) is 23.3. The second-order valence-electron chi connectivity index (χ2n) is 10.7. The van der Waals surface area contributed by atoms with Crippen LogP contribution in [0.2, 0.25) is 0 Å². The minimum atomic E-state index is -1.02. The van der Waals surface area contributed by atoms with E-state index in [-0.39, 0.29) is 23.6 Å². The van der Waals surface area contributed by atoms with Gasteiger partial charge in [-0.2, -0.15) is 0 Å². The van der Waals surface area contributed by atoms with Gasteiger partial charge in [-0.1, -0.05) is 18.2 Å². The molecular weight excluding hydrogens is 616 g/mol. The minimum Gasteiger partial charge on any atom is -0.488 e. The molecular formula is C32H27Cl2F3N4O3. The predicted molar refractivity (Wildman–Crippen MR) is 162 cm³/mol. The number of benzene rings is 3. The molecule has 2 atom stereocenters. The number of amides is 1. The Bertz CT molecular complexity index is 1680. The standard InChI is InChI=1S/C32H27Cl2F3N4O3/c33-40-11-9-24(17-40)43-30-8-4-21(13-26(30)20-3-7-28(36)29(37)14-20)31(42)39-23-15-27(19-1-5-22(35)6-2-19)32(38-16-23)44-25-10-12-41(34)18-25/h1-8,13-16,24-25H,9-12,17-18H2,(H,39,42)/t24-,25-/m0/s1. The van der Waals surface area contributed by atoms with E-state index in [1.54, 1.807) is 45.2 Å². The van der Waals surface area contributed by atoms with Gasteiger partial charge in [-0.25, -0.2) is 27.0 Å². The molecule has 1 amide bonds. The van der Waals surface area contributed by atoms with Gasteiger partial charge in [-0.3, -0.25) is 4.79 Å².